The molecule has 0 spiro atoms. The maximum Gasteiger partial charge on any atom is 0.318 e. The molecule has 2 amide bonds. The van der Waals surface area contributed by atoms with Gasteiger partial charge in [-0.15, -0.1) is 11.3 Å². The fourth-order valence-corrected chi connectivity index (χ4v) is 4.16. The second kappa shape index (κ2) is 6.31. The molecule has 4 rings (SSSR count). The molecular weight excluding hydrogens is 310 g/mol. The van der Waals surface area contributed by atoms with Gasteiger partial charge in [0.25, 0.3) is 0 Å². The van der Waals surface area contributed by atoms with Crippen LogP contribution in [0.25, 0.3) is 0 Å². The number of aromatic nitrogens is 3. The monoisotopic (exact) mass is 331 g/mol. The smallest absolute Gasteiger partial charge is 0.318 e. The Bertz CT molecular complexity index is 637. The van der Waals surface area contributed by atoms with Gasteiger partial charge >= 0.3 is 6.03 Å². The molecular formula is C16H21N5OS. The predicted molar refractivity (Wildman–Crippen MR) is 88.0 cm³/mol. The summed E-state index contributed by atoms with van der Waals surface area (Å²) in [7, 11) is 0. The highest BCUT2D eigenvalue weighted by molar-refractivity contribution is 7.09. The molecule has 2 unspecified atom stereocenters. The van der Waals surface area contributed by atoms with E-state index in [-0.39, 0.29) is 18.1 Å². The van der Waals surface area contributed by atoms with E-state index in [0.717, 1.165) is 36.4 Å². The highest BCUT2D eigenvalue weighted by Gasteiger charge is 2.37. The molecule has 1 aliphatic heterocycles. The van der Waals surface area contributed by atoms with Gasteiger partial charge in [0, 0.05) is 29.9 Å². The average Bonchev–Trinajstić information content (AvgIpc) is 3.06. The second-order valence-corrected chi connectivity index (χ2v) is 7.30. The number of thiazole rings is 1. The van der Waals surface area contributed by atoms with E-state index in [4.69, 9.17) is 0 Å². The molecule has 1 saturated carbocycles. The fraction of sp³-hybridized carbons (Fsp3) is 0.562. The molecule has 2 aromatic rings. The largest absolute Gasteiger partial charge is 0.328 e. The van der Waals surface area contributed by atoms with Gasteiger partial charge in [-0.1, -0.05) is 0 Å². The van der Waals surface area contributed by atoms with Crippen molar-refractivity contribution in [2.75, 3.05) is 6.54 Å². The SMILES string of the molecule is O=C(NC(c1nccs1)C1CC1)N1CCCCC1c1cn[nH]c1. The summed E-state index contributed by atoms with van der Waals surface area (Å²) in [5, 5.41) is 13.2. The summed E-state index contributed by atoms with van der Waals surface area (Å²) in [6, 6.07) is 0.219. The average molecular weight is 331 g/mol. The number of nitrogens with one attached hydrogen (secondary N) is 2. The molecule has 2 fully saturated rings. The van der Waals surface area contributed by atoms with E-state index in [9.17, 15) is 4.79 Å². The number of carbonyl (C=O) groups excluding carboxylic acids is 1. The molecule has 1 aliphatic carbocycles. The quantitative estimate of drug-likeness (QED) is 0.903. The lowest BCUT2D eigenvalue weighted by molar-refractivity contribution is 0.147. The summed E-state index contributed by atoms with van der Waals surface area (Å²) >= 11 is 1.63. The first-order chi connectivity index (χ1) is 11.3. The molecule has 3 heterocycles. The van der Waals surface area contributed by atoms with E-state index in [1.807, 2.05) is 28.9 Å². The lowest BCUT2D eigenvalue weighted by Crippen LogP contribution is -2.46. The van der Waals surface area contributed by atoms with Crippen molar-refractivity contribution in [2.24, 2.45) is 5.92 Å². The Morgan fingerprint density at radius 2 is 2.30 bits per heavy atom. The Kier molecular flexibility index (Phi) is 4.03. The number of aromatic amines is 1. The van der Waals surface area contributed by atoms with Gasteiger partial charge in [0.2, 0.25) is 0 Å². The summed E-state index contributed by atoms with van der Waals surface area (Å²) in [4.78, 5) is 19.3. The Morgan fingerprint density at radius 3 is 3.00 bits per heavy atom. The zero-order valence-corrected chi connectivity index (χ0v) is 13.8. The van der Waals surface area contributed by atoms with Crippen molar-refractivity contribution < 1.29 is 4.79 Å². The zero-order valence-electron chi connectivity index (χ0n) is 12.9. The van der Waals surface area contributed by atoms with Crippen LogP contribution in [0, 0.1) is 5.92 Å². The Morgan fingerprint density at radius 1 is 1.39 bits per heavy atom. The van der Waals surface area contributed by atoms with Crippen LogP contribution in [0.15, 0.2) is 24.0 Å². The molecule has 2 aromatic heterocycles. The van der Waals surface area contributed by atoms with E-state index in [2.05, 4.69) is 20.5 Å². The normalized spacial score (nSPS) is 22.8. The summed E-state index contributed by atoms with van der Waals surface area (Å²) in [6.45, 7) is 0.803. The van der Waals surface area contributed by atoms with Crippen molar-refractivity contribution in [1.29, 1.82) is 0 Å². The third-order valence-corrected chi connectivity index (χ3v) is 5.62. The highest BCUT2D eigenvalue weighted by Crippen LogP contribution is 2.42. The molecule has 23 heavy (non-hydrogen) atoms. The van der Waals surface area contributed by atoms with Crippen LogP contribution in [-0.2, 0) is 0 Å². The van der Waals surface area contributed by atoms with Crippen LogP contribution in [0.5, 0.6) is 0 Å². The van der Waals surface area contributed by atoms with E-state index in [0.29, 0.717) is 5.92 Å². The maximum absolute atomic E-state index is 12.9. The number of H-pyrrole nitrogens is 1. The van der Waals surface area contributed by atoms with Gasteiger partial charge in [-0.2, -0.15) is 5.10 Å². The number of piperidine rings is 1. The van der Waals surface area contributed by atoms with Crippen LogP contribution in [-0.4, -0.2) is 32.7 Å². The fourth-order valence-electron chi connectivity index (χ4n) is 3.38. The number of amides is 2. The minimum Gasteiger partial charge on any atom is -0.328 e. The Hall–Kier alpha value is -1.89. The first-order valence-corrected chi connectivity index (χ1v) is 9.16. The highest BCUT2D eigenvalue weighted by atomic mass is 32.1. The molecule has 2 atom stereocenters. The summed E-state index contributed by atoms with van der Waals surface area (Å²) in [6.07, 6.45) is 11.1. The van der Waals surface area contributed by atoms with Crippen molar-refractivity contribution in [3.05, 3.63) is 34.5 Å². The standard InChI is InChI=1S/C16H21N5OS/c22-16(20-14(11-4-5-11)15-17-6-8-23-15)21-7-2-1-3-13(21)12-9-18-19-10-12/h6,8-11,13-14H,1-5,7H2,(H,18,19)(H,20,22). The van der Waals surface area contributed by atoms with Crippen molar-refractivity contribution in [1.82, 2.24) is 25.4 Å². The number of carbonyl (C=O) groups is 1. The molecule has 122 valence electrons. The van der Waals surface area contributed by atoms with Crippen molar-refractivity contribution in [3.63, 3.8) is 0 Å². The predicted octanol–water partition coefficient (Wildman–Crippen LogP) is 3.25. The van der Waals surface area contributed by atoms with Crippen LogP contribution < -0.4 is 5.32 Å². The van der Waals surface area contributed by atoms with Gasteiger partial charge < -0.3 is 10.2 Å². The number of urea groups is 1. The molecule has 0 bridgehead atoms. The number of hydrogen-bond donors (Lipinski definition) is 2. The molecule has 6 nitrogen and oxygen atoms in total. The second-order valence-electron chi connectivity index (χ2n) is 6.37. The van der Waals surface area contributed by atoms with E-state index in [1.54, 1.807) is 11.3 Å². The maximum atomic E-state index is 12.9. The van der Waals surface area contributed by atoms with Gasteiger partial charge in [-0.3, -0.25) is 5.10 Å². The molecule has 2 aliphatic rings. The molecule has 2 N–H and O–H groups in total. The molecule has 0 aromatic carbocycles. The summed E-state index contributed by atoms with van der Waals surface area (Å²) in [5.41, 5.74) is 1.09. The minimum absolute atomic E-state index is 0.0306. The number of likely N-dealkylation sites (tertiary alicyclic amines) is 1. The van der Waals surface area contributed by atoms with Crippen molar-refractivity contribution >= 4 is 17.4 Å². The van der Waals surface area contributed by atoms with E-state index in [1.165, 1.54) is 12.8 Å². The summed E-state index contributed by atoms with van der Waals surface area (Å²) in [5.74, 6) is 0.544. The summed E-state index contributed by atoms with van der Waals surface area (Å²) < 4.78 is 0. The van der Waals surface area contributed by atoms with Crippen molar-refractivity contribution in [2.45, 2.75) is 44.2 Å². The van der Waals surface area contributed by atoms with Crippen LogP contribution in [0.1, 0.15) is 54.8 Å². The van der Waals surface area contributed by atoms with Crippen LogP contribution >= 0.6 is 11.3 Å². The van der Waals surface area contributed by atoms with E-state index < -0.39 is 0 Å². The Balaban J connectivity index is 1.50. The van der Waals surface area contributed by atoms with Gasteiger partial charge in [0.15, 0.2) is 0 Å². The van der Waals surface area contributed by atoms with Crippen LogP contribution in [0.2, 0.25) is 0 Å². The van der Waals surface area contributed by atoms with Gasteiger partial charge in [-0.25, -0.2) is 9.78 Å². The molecule has 0 radical (unpaired) electrons. The van der Waals surface area contributed by atoms with E-state index >= 15 is 0 Å². The number of rotatable bonds is 4. The van der Waals surface area contributed by atoms with Gasteiger partial charge in [-0.05, 0) is 38.0 Å². The van der Waals surface area contributed by atoms with Crippen LogP contribution in [0.4, 0.5) is 4.79 Å². The zero-order chi connectivity index (χ0) is 15.6. The van der Waals surface area contributed by atoms with Gasteiger partial charge in [0.1, 0.15) is 5.01 Å². The first-order valence-electron chi connectivity index (χ1n) is 8.28. The Labute approximate surface area is 139 Å². The minimum atomic E-state index is 0.0306. The van der Waals surface area contributed by atoms with Gasteiger partial charge in [0.05, 0.1) is 18.3 Å². The van der Waals surface area contributed by atoms with Crippen LogP contribution in [0.3, 0.4) is 0 Å². The first kappa shape index (κ1) is 14.7. The number of hydrogen-bond acceptors (Lipinski definition) is 4. The molecule has 7 heteroatoms. The molecule has 1 saturated heterocycles. The van der Waals surface area contributed by atoms with Crippen molar-refractivity contribution in [3.8, 4) is 0 Å². The topological polar surface area (TPSA) is 73.9 Å². The lowest BCUT2D eigenvalue weighted by atomic mass is 9.98. The number of nitrogens with zero attached hydrogens (tertiary/aromatic N) is 3. The third kappa shape index (κ3) is 3.10. The third-order valence-electron chi connectivity index (χ3n) is 4.76. The lowest BCUT2D eigenvalue weighted by Gasteiger charge is -2.36.